The van der Waals surface area contributed by atoms with Crippen LogP contribution in [0, 0.1) is 5.82 Å². The molecule has 2 rings (SSSR count). The van der Waals surface area contributed by atoms with E-state index >= 15 is 0 Å². The first-order valence-corrected chi connectivity index (χ1v) is 6.92. The number of halogens is 1. The van der Waals surface area contributed by atoms with Crippen molar-refractivity contribution < 1.29 is 16.8 Å². The van der Waals surface area contributed by atoms with E-state index in [1.807, 2.05) is 0 Å². The third kappa shape index (κ3) is 3.63. The van der Waals surface area contributed by atoms with Crippen LogP contribution in [0.2, 0.25) is 0 Å². The Hall–Kier alpha value is -2.96. The fourth-order valence-electron chi connectivity index (χ4n) is 2.14. The number of likely N-dealkylation sites (tertiary alicyclic amines) is 1. The number of hydrogen-bond acceptors (Lipinski definition) is 4. The first-order chi connectivity index (χ1) is 11.0. The molecule has 3 N–H and O–H groups in total. The zero-order chi connectivity index (χ0) is 17.0. The lowest BCUT2D eigenvalue weighted by molar-refractivity contribution is -0.116. The van der Waals surface area contributed by atoms with Gasteiger partial charge in [-0.1, -0.05) is 13.2 Å². The smallest absolute Gasteiger partial charge is 0.270 e. The second-order valence-electron chi connectivity index (χ2n) is 5.02. The number of anilines is 1. The van der Waals surface area contributed by atoms with Gasteiger partial charge < -0.3 is 16.0 Å². The number of benzene rings is 1. The number of aliphatic imine (C=N–C) groups is 1. The molecule has 0 aromatic heterocycles. The quantitative estimate of drug-likeness (QED) is 0.638. The van der Waals surface area contributed by atoms with Crippen LogP contribution in [0.15, 0.2) is 48.6 Å². The molecule has 2 amide bonds. The van der Waals surface area contributed by atoms with E-state index in [1.165, 1.54) is 29.3 Å². The minimum absolute atomic E-state index is 0. The van der Waals surface area contributed by atoms with Crippen LogP contribution in [0.1, 0.15) is 13.2 Å². The summed E-state index contributed by atoms with van der Waals surface area (Å²) in [5.41, 5.74) is 5.76. The maximum Gasteiger partial charge on any atom is 0.270 e. The summed E-state index contributed by atoms with van der Waals surface area (Å²) < 4.78 is 13.4. The van der Waals surface area contributed by atoms with Crippen molar-refractivity contribution in [2.75, 3.05) is 18.8 Å². The van der Waals surface area contributed by atoms with Gasteiger partial charge in [0, 0.05) is 27.7 Å². The van der Waals surface area contributed by atoms with Crippen molar-refractivity contribution in [2.24, 2.45) is 4.99 Å². The molecule has 1 aliphatic heterocycles. The number of nitrogens with two attached hydrogens (primary N) is 1. The van der Waals surface area contributed by atoms with E-state index in [4.69, 9.17) is 5.73 Å². The van der Waals surface area contributed by atoms with Crippen molar-refractivity contribution in [3.63, 3.8) is 0 Å². The largest absolute Gasteiger partial charge is 0.396 e. The lowest BCUT2D eigenvalue weighted by Crippen LogP contribution is -2.61. The highest BCUT2D eigenvalue weighted by atomic mass is 19.1. The van der Waals surface area contributed by atoms with Crippen LogP contribution in [0.4, 0.5) is 10.1 Å². The molecule has 1 saturated heterocycles. The van der Waals surface area contributed by atoms with E-state index in [0.29, 0.717) is 13.1 Å². The number of nitrogens with one attached hydrogen (secondary N) is 1. The molecule has 0 unspecified atom stereocenters. The van der Waals surface area contributed by atoms with Gasteiger partial charge in [-0.3, -0.25) is 14.6 Å². The van der Waals surface area contributed by atoms with Crippen LogP contribution in [-0.2, 0) is 4.79 Å². The van der Waals surface area contributed by atoms with Crippen molar-refractivity contribution in [1.29, 1.82) is 0 Å². The fourth-order valence-corrected chi connectivity index (χ4v) is 2.14. The Morgan fingerprint density at radius 2 is 2.13 bits per heavy atom. The molecule has 1 fully saturated rings. The standard InChI is InChI=1S/C16H17FN4O2.2H2/c1-3-14(19-4-2)15(22)20-11-8-21(9-11)16(23)10-5-6-13(18)12(17)7-10;;/h3-7,11H,1-2,8-9,18H2,(H,20,22);2*1H. The molecule has 0 aliphatic carbocycles. The molecular weight excluding hydrogens is 299 g/mol. The van der Waals surface area contributed by atoms with Crippen LogP contribution in [0.25, 0.3) is 0 Å². The van der Waals surface area contributed by atoms with Crippen LogP contribution >= 0.6 is 0 Å². The molecule has 1 aliphatic rings. The van der Waals surface area contributed by atoms with Gasteiger partial charge in [0.1, 0.15) is 11.5 Å². The lowest BCUT2D eigenvalue weighted by Gasteiger charge is -2.39. The summed E-state index contributed by atoms with van der Waals surface area (Å²) in [5, 5.41) is 2.73. The summed E-state index contributed by atoms with van der Waals surface area (Å²) in [6.07, 6.45) is 2.58. The predicted octanol–water partition coefficient (Wildman–Crippen LogP) is 1.61. The summed E-state index contributed by atoms with van der Waals surface area (Å²) >= 11 is 0. The van der Waals surface area contributed by atoms with E-state index in [1.54, 1.807) is 0 Å². The normalized spacial score (nSPS) is 14.8. The van der Waals surface area contributed by atoms with Crippen molar-refractivity contribution in [3.8, 4) is 0 Å². The minimum Gasteiger partial charge on any atom is -0.396 e. The third-order valence-electron chi connectivity index (χ3n) is 3.41. The molecule has 124 valence electrons. The Labute approximate surface area is 136 Å². The number of hydrogen-bond donors (Lipinski definition) is 2. The first-order valence-electron chi connectivity index (χ1n) is 6.92. The van der Waals surface area contributed by atoms with E-state index in [0.717, 1.165) is 6.07 Å². The monoisotopic (exact) mass is 320 g/mol. The van der Waals surface area contributed by atoms with Crippen LogP contribution in [-0.4, -0.2) is 41.6 Å². The van der Waals surface area contributed by atoms with Gasteiger partial charge in [0.15, 0.2) is 0 Å². The van der Waals surface area contributed by atoms with Gasteiger partial charge in [0.05, 0.1) is 11.7 Å². The second-order valence-corrected chi connectivity index (χ2v) is 5.02. The van der Waals surface area contributed by atoms with E-state index in [2.05, 4.69) is 23.5 Å². The molecule has 6 nitrogen and oxygen atoms in total. The third-order valence-corrected chi connectivity index (χ3v) is 3.41. The topological polar surface area (TPSA) is 87.8 Å². The Balaban J connectivity index is 0.00000288. The highest BCUT2D eigenvalue weighted by Crippen LogP contribution is 2.17. The van der Waals surface area contributed by atoms with Crippen molar-refractivity contribution in [2.45, 2.75) is 6.04 Å². The molecule has 0 bridgehead atoms. The summed E-state index contributed by atoms with van der Waals surface area (Å²) in [4.78, 5) is 29.3. The van der Waals surface area contributed by atoms with Gasteiger partial charge in [-0.25, -0.2) is 4.39 Å². The van der Waals surface area contributed by atoms with E-state index < -0.39 is 5.82 Å². The predicted molar refractivity (Wildman–Crippen MR) is 90.7 cm³/mol. The summed E-state index contributed by atoms with van der Waals surface area (Å²) in [6.45, 7) is 7.60. The number of carbonyl (C=O) groups is 2. The van der Waals surface area contributed by atoms with Crippen LogP contribution in [0.5, 0.6) is 0 Å². The maximum absolute atomic E-state index is 13.4. The Morgan fingerprint density at radius 1 is 1.43 bits per heavy atom. The number of carbonyl (C=O) groups excluding carboxylic acids is 2. The van der Waals surface area contributed by atoms with Crippen molar-refractivity contribution in [1.82, 2.24) is 10.2 Å². The van der Waals surface area contributed by atoms with Gasteiger partial charge >= 0.3 is 0 Å². The van der Waals surface area contributed by atoms with Crippen molar-refractivity contribution >= 4 is 23.2 Å². The lowest BCUT2D eigenvalue weighted by atomic mass is 10.1. The van der Waals surface area contributed by atoms with Crippen LogP contribution in [0.3, 0.4) is 0 Å². The molecule has 7 heteroatoms. The Morgan fingerprint density at radius 3 is 2.70 bits per heavy atom. The summed E-state index contributed by atoms with van der Waals surface area (Å²) in [7, 11) is 0. The van der Waals surface area contributed by atoms with Gasteiger partial charge in [0.2, 0.25) is 0 Å². The van der Waals surface area contributed by atoms with E-state index in [-0.39, 0.29) is 37.7 Å². The van der Waals surface area contributed by atoms with Gasteiger partial charge in [0.25, 0.3) is 11.8 Å². The fraction of sp³-hybridized carbons (Fsp3) is 0.188. The molecule has 1 aromatic carbocycles. The van der Waals surface area contributed by atoms with Crippen LogP contribution < -0.4 is 11.1 Å². The Bertz CT molecular complexity index is 703. The average Bonchev–Trinajstić information content (AvgIpc) is 2.49. The molecule has 0 atom stereocenters. The highest BCUT2D eigenvalue weighted by molar-refractivity contribution is 6.43. The summed E-state index contributed by atoms with van der Waals surface area (Å²) in [5.74, 6) is -1.31. The molecule has 0 spiro atoms. The minimum atomic E-state index is -0.627. The molecule has 0 radical (unpaired) electrons. The zero-order valence-corrected chi connectivity index (χ0v) is 12.5. The van der Waals surface area contributed by atoms with Gasteiger partial charge in [-0.15, -0.1) is 0 Å². The summed E-state index contributed by atoms with van der Waals surface area (Å²) in [6, 6.07) is 3.75. The highest BCUT2D eigenvalue weighted by Gasteiger charge is 2.32. The SMILES string of the molecule is C=CN=C(C=C)C(=O)NC1CN(C(=O)c2ccc(N)c(F)c2)C1.[HH].[HH]. The first kappa shape index (κ1) is 16.4. The number of rotatable bonds is 5. The molecule has 1 aromatic rings. The number of nitrogens with zero attached hydrogens (tertiary/aromatic N) is 2. The average molecular weight is 320 g/mol. The Kier molecular flexibility index (Phi) is 4.90. The molecule has 0 saturated carbocycles. The second kappa shape index (κ2) is 6.87. The maximum atomic E-state index is 13.4. The van der Waals surface area contributed by atoms with E-state index in [9.17, 15) is 14.0 Å². The zero-order valence-electron chi connectivity index (χ0n) is 12.5. The molecule has 1 heterocycles. The van der Waals surface area contributed by atoms with Crippen molar-refractivity contribution in [3.05, 3.63) is 55.0 Å². The number of nitrogen functional groups attached to an aromatic ring is 1. The molecule has 23 heavy (non-hydrogen) atoms. The number of amides is 2. The van der Waals surface area contributed by atoms with Gasteiger partial charge in [-0.05, 0) is 24.3 Å². The molecular formula is C16H21FN4O2. The van der Waals surface area contributed by atoms with Gasteiger partial charge in [-0.2, -0.15) is 0 Å².